The average Bonchev–Trinajstić information content (AvgIpc) is 2.40. The van der Waals surface area contributed by atoms with Crippen LogP contribution in [0.25, 0.3) is 0 Å². The Balaban J connectivity index is 0.000000550. The molecule has 0 radical (unpaired) electrons. The lowest BCUT2D eigenvalue weighted by molar-refractivity contribution is -0.191. The zero-order chi connectivity index (χ0) is 14.3. The standard InChI is InChI=1S/C14H28N2.CO2/c1-14(2,3)16-11-7-13(8-12-16)15-9-5-4-6-10-15;2-1-3/h13H,4-12H2,1-3H3;. The van der Waals surface area contributed by atoms with E-state index in [0.29, 0.717) is 5.54 Å². The summed E-state index contributed by atoms with van der Waals surface area (Å²) in [6.45, 7) is 12.3. The Morgan fingerprint density at radius 3 is 1.79 bits per heavy atom. The lowest BCUT2D eigenvalue weighted by atomic mass is 9.96. The van der Waals surface area contributed by atoms with Gasteiger partial charge in [0.25, 0.3) is 0 Å². The number of nitrogens with zero attached hydrogens (tertiary/aromatic N) is 2. The van der Waals surface area contributed by atoms with Gasteiger partial charge in [0, 0.05) is 24.7 Å². The van der Waals surface area contributed by atoms with Crippen molar-refractivity contribution in [2.24, 2.45) is 0 Å². The van der Waals surface area contributed by atoms with Gasteiger partial charge < -0.3 is 4.90 Å². The van der Waals surface area contributed by atoms with Crippen molar-refractivity contribution >= 4 is 6.15 Å². The van der Waals surface area contributed by atoms with Gasteiger partial charge in [-0.2, -0.15) is 9.59 Å². The Morgan fingerprint density at radius 1 is 0.895 bits per heavy atom. The van der Waals surface area contributed by atoms with Crippen LogP contribution >= 0.6 is 0 Å². The van der Waals surface area contributed by atoms with Crippen LogP contribution in [0.15, 0.2) is 0 Å². The minimum Gasteiger partial charge on any atom is -0.300 e. The Labute approximate surface area is 117 Å². The van der Waals surface area contributed by atoms with Crippen molar-refractivity contribution in [3.8, 4) is 0 Å². The summed E-state index contributed by atoms with van der Waals surface area (Å²) in [6.07, 6.45) is 7.34. The molecule has 2 heterocycles. The van der Waals surface area contributed by atoms with Gasteiger partial charge in [-0.05, 0) is 59.5 Å². The van der Waals surface area contributed by atoms with Crippen LogP contribution in [0.4, 0.5) is 0 Å². The molecule has 0 aromatic rings. The lowest BCUT2D eigenvalue weighted by Crippen LogP contribution is -2.51. The Hall–Kier alpha value is -0.700. The highest BCUT2D eigenvalue weighted by molar-refractivity contribution is 5.20. The molecule has 4 heteroatoms. The largest absolute Gasteiger partial charge is 0.373 e. The predicted molar refractivity (Wildman–Crippen MR) is 74.8 cm³/mol. The molecule has 0 aromatic heterocycles. The Kier molecular flexibility index (Phi) is 6.70. The molecule has 0 unspecified atom stereocenters. The maximum Gasteiger partial charge on any atom is 0.373 e. The molecule has 0 saturated carbocycles. The van der Waals surface area contributed by atoms with E-state index in [1.807, 2.05) is 0 Å². The molecule has 0 aliphatic carbocycles. The molecule has 4 nitrogen and oxygen atoms in total. The lowest BCUT2D eigenvalue weighted by Gasteiger charge is -2.44. The van der Waals surface area contributed by atoms with E-state index in [9.17, 15) is 0 Å². The molecule has 0 atom stereocenters. The topological polar surface area (TPSA) is 40.6 Å². The van der Waals surface area contributed by atoms with Crippen LogP contribution < -0.4 is 0 Å². The molecule has 2 aliphatic heterocycles. The van der Waals surface area contributed by atoms with Crippen LogP contribution in [0.1, 0.15) is 52.9 Å². The summed E-state index contributed by atoms with van der Waals surface area (Å²) in [6, 6.07) is 0.888. The van der Waals surface area contributed by atoms with Crippen LogP contribution in [0.5, 0.6) is 0 Å². The first-order valence-electron chi connectivity index (χ1n) is 7.47. The molecule has 0 N–H and O–H groups in total. The number of likely N-dealkylation sites (tertiary alicyclic amines) is 2. The molecule has 0 aromatic carbocycles. The number of hydrogen-bond acceptors (Lipinski definition) is 4. The zero-order valence-corrected chi connectivity index (χ0v) is 12.7. The number of rotatable bonds is 1. The van der Waals surface area contributed by atoms with E-state index < -0.39 is 0 Å². The van der Waals surface area contributed by atoms with E-state index in [4.69, 9.17) is 9.59 Å². The predicted octanol–water partition coefficient (Wildman–Crippen LogP) is 2.15. The van der Waals surface area contributed by atoms with E-state index in [-0.39, 0.29) is 6.15 Å². The fourth-order valence-corrected chi connectivity index (χ4v) is 3.19. The number of hydrogen-bond donors (Lipinski definition) is 0. The molecule has 0 spiro atoms. The quantitative estimate of drug-likeness (QED) is 0.730. The molecule has 2 aliphatic rings. The summed E-state index contributed by atoms with van der Waals surface area (Å²) in [5.74, 6) is 0. The van der Waals surface area contributed by atoms with Crippen LogP contribution in [0.2, 0.25) is 0 Å². The van der Waals surface area contributed by atoms with Gasteiger partial charge in [0.15, 0.2) is 0 Å². The van der Waals surface area contributed by atoms with E-state index in [0.717, 1.165) is 6.04 Å². The van der Waals surface area contributed by atoms with Gasteiger partial charge >= 0.3 is 6.15 Å². The second kappa shape index (κ2) is 7.78. The molecule has 2 fully saturated rings. The van der Waals surface area contributed by atoms with Crippen molar-refractivity contribution in [3.63, 3.8) is 0 Å². The number of carbonyl (C=O) groups excluding carboxylic acids is 2. The van der Waals surface area contributed by atoms with Gasteiger partial charge in [-0.1, -0.05) is 6.42 Å². The van der Waals surface area contributed by atoms with Crippen LogP contribution in [0, 0.1) is 0 Å². The van der Waals surface area contributed by atoms with Gasteiger partial charge in [-0.15, -0.1) is 0 Å². The maximum absolute atomic E-state index is 8.12. The molecule has 2 rings (SSSR count). The molecule has 2 saturated heterocycles. The Bertz CT molecular complexity index is 279. The monoisotopic (exact) mass is 268 g/mol. The van der Waals surface area contributed by atoms with Crippen molar-refractivity contribution in [1.82, 2.24) is 9.80 Å². The van der Waals surface area contributed by atoms with E-state index in [1.54, 1.807) is 0 Å². The van der Waals surface area contributed by atoms with Crippen LogP contribution in [-0.4, -0.2) is 53.7 Å². The van der Waals surface area contributed by atoms with Crippen LogP contribution in [0.3, 0.4) is 0 Å². The highest BCUT2D eigenvalue weighted by Crippen LogP contribution is 2.24. The first-order chi connectivity index (χ1) is 8.99. The fourth-order valence-electron chi connectivity index (χ4n) is 3.19. The first-order valence-corrected chi connectivity index (χ1v) is 7.47. The smallest absolute Gasteiger partial charge is 0.300 e. The third-order valence-corrected chi connectivity index (χ3v) is 4.32. The third-order valence-electron chi connectivity index (χ3n) is 4.32. The van der Waals surface area contributed by atoms with E-state index in [1.165, 1.54) is 58.3 Å². The van der Waals surface area contributed by atoms with Gasteiger partial charge in [-0.25, -0.2) is 0 Å². The minimum atomic E-state index is 0.250. The molecule has 0 amide bonds. The highest BCUT2D eigenvalue weighted by Gasteiger charge is 2.29. The van der Waals surface area contributed by atoms with Gasteiger partial charge in [0.2, 0.25) is 0 Å². The SMILES string of the molecule is CC(C)(C)N1CCC(N2CCCCC2)CC1.O=C=O. The van der Waals surface area contributed by atoms with Gasteiger partial charge in [0.1, 0.15) is 0 Å². The van der Waals surface area contributed by atoms with Crippen molar-refractivity contribution in [1.29, 1.82) is 0 Å². The summed E-state index contributed by atoms with van der Waals surface area (Å²) in [7, 11) is 0. The van der Waals surface area contributed by atoms with E-state index >= 15 is 0 Å². The van der Waals surface area contributed by atoms with Crippen LogP contribution in [-0.2, 0) is 9.59 Å². The van der Waals surface area contributed by atoms with Crippen molar-refractivity contribution < 1.29 is 9.59 Å². The molecular formula is C15H28N2O2. The van der Waals surface area contributed by atoms with E-state index in [2.05, 4.69) is 30.6 Å². The molecule has 0 bridgehead atoms. The van der Waals surface area contributed by atoms with Gasteiger partial charge in [-0.3, -0.25) is 4.90 Å². The molecule has 19 heavy (non-hydrogen) atoms. The summed E-state index contributed by atoms with van der Waals surface area (Å²) in [5, 5.41) is 0. The van der Waals surface area contributed by atoms with Gasteiger partial charge in [0.05, 0.1) is 0 Å². The third kappa shape index (κ3) is 5.43. The van der Waals surface area contributed by atoms with Crippen molar-refractivity contribution in [2.75, 3.05) is 26.2 Å². The second-order valence-electron chi connectivity index (χ2n) is 6.57. The fraction of sp³-hybridized carbons (Fsp3) is 0.933. The highest BCUT2D eigenvalue weighted by atomic mass is 16.2. The normalized spacial score (nSPS) is 23.3. The maximum atomic E-state index is 8.12. The summed E-state index contributed by atoms with van der Waals surface area (Å²) in [5.41, 5.74) is 0.368. The molecular weight excluding hydrogens is 240 g/mol. The van der Waals surface area contributed by atoms with Crippen molar-refractivity contribution in [3.05, 3.63) is 0 Å². The summed E-state index contributed by atoms with van der Waals surface area (Å²) in [4.78, 5) is 21.6. The zero-order valence-electron chi connectivity index (χ0n) is 12.7. The first kappa shape index (κ1) is 16.4. The average molecular weight is 268 g/mol. The summed E-state index contributed by atoms with van der Waals surface area (Å²) < 4.78 is 0. The second-order valence-corrected chi connectivity index (χ2v) is 6.57. The number of piperidine rings is 2. The Morgan fingerprint density at radius 2 is 1.37 bits per heavy atom. The minimum absolute atomic E-state index is 0.250. The summed E-state index contributed by atoms with van der Waals surface area (Å²) >= 11 is 0. The van der Waals surface area contributed by atoms with Crippen molar-refractivity contribution in [2.45, 2.75) is 64.5 Å². The molecule has 110 valence electrons.